The summed E-state index contributed by atoms with van der Waals surface area (Å²) in [7, 11) is 1.64. The van der Waals surface area contributed by atoms with Crippen LogP contribution in [-0.4, -0.2) is 99.1 Å². The molecule has 0 saturated carbocycles. The van der Waals surface area contributed by atoms with E-state index in [1.165, 1.54) is 0 Å². The Bertz CT molecular complexity index is 337. The first-order valence-electron chi connectivity index (χ1n) is 7.20. The Hall–Kier alpha value is -1.18. The summed E-state index contributed by atoms with van der Waals surface area (Å²) in [4.78, 5) is 29.6. The van der Waals surface area contributed by atoms with Gasteiger partial charge in [0.15, 0.2) is 0 Å². The normalized spacial score (nSPS) is 21.8. The number of piperazine rings is 1. The van der Waals surface area contributed by atoms with Crippen LogP contribution in [0.15, 0.2) is 0 Å². The number of hydrogen-bond donors (Lipinski definition) is 1. The molecule has 7 nitrogen and oxygen atoms in total. The van der Waals surface area contributed by atoms with Crippen LogP contribution in [0.1, 0.15) is 0 Å². The molecule has 0 spiro atoms. The molecular weight excluding hydrogens is 260 g/mol. The molecule has 114 valence electrons. The molecule has 0 aromatic heterocycles. The third-order valence-electron chi connectivity index (χ3n) is 3.83. The van der Waals surface area contributed by atoms with Gasteiger partial charge >= 0.3 is 0 Å². The maximum absolute atomic E-state index is 12.2. The molecule has 2 aliphatic rings. The standard InChI is InChI=1S/C13H24N4O3/c1-14-12(18)10-15-2-4-17(5-3-15)13(19)11-16-6-8-20-9-7-16/h2-11H2,1H3,(H,14,18). The Morgan fingerprint density at radius 3 is 2.15 bits per heavy atom. The van der Waals surface area contributed by atoms with Crippen LogP contribution in [0.4, 0.5) is 0 Å². The van der Waals surface area contributed by atoms with Gasteiger partial charge in [0.25, 0.3) is 0 Å². The Balaban J connectivity index is 1.69. The second-order valence-corrected chi connectivity index (χ2v) is 5.22. The monoisotopic (exact) mass is 284 g/mol. The van der Waals surface area contributed by atoms with E-state index >= 15 is 0 Å². The molecule has 0 bridgehead atoms. The lowest BCUT2D eigenvalue weighted by atomic mass is 10.3. The van der Waals surface area contributed by atoms with E-state index < -0.39 is 0 Å². The van der Waals surface area contributed by atoms with Gasteiger partial charge in [-0.3, -0.25) is 19.4 Å². The first-order chi connectivity index (χ1) is 9.69. The summed E-state index contributed by atoms with van der Waals surface area (Å²) in [5, 5.41) is 2.62. The van der Waals surface area contributed by atoms with Gasteiger partial charge in [-0.05, 0) is 0 Å². The molecule has 7 heteroatoms. The number of nitrogens with zero attached hydrogens (tertiary/aromatic N) is 3. The Labute approximate surface area is 119 Å². The van der Waals surface area contributed by atoms with Crippen molar-refractivity contribution in [3.8, 4) is 0 Å². The average molecular weight is 284 g/mol. The highest BCUT2D eigenvalue weighted by Crippen LogP contribution is 2.04. The quantitative estimate of drug-likeness (QED) is 0.660. The number of ether oxygens (including phenoxy) is 1. The fourth-order valence-electron chi connectivity index (χ4n) is 2.49. The van der Waals surface area contributed by atoms with Crippen molar-refractivity contribution in [2.24, 2.45) is 0 Å². The first kappa shape index (κ1) is 15.2. The number of rotatable bonds is 4. The predicted octanol–water partition coefficient (Wildman–Crippen LogP) is -1.79. The Morgan fingerprint density at radius 1 is 0.950 bits per heavy atom. The zero-order chi connectivity index (χ0) is 14.4. The average Bonchev–Trinajstić information content (AvgIpc) is 2.49. The fraction of sp³-hybridized carbons (Fsp3) is 0.846. The van der Waals surface area contributed by atoms with Crippen molar-refractivity contribution in [3.05, 3.63) is 0 Å². The minimum atomic E-state index is 0.0260. The van der Waals surface area contributed by atoms with Crippen LogP contribution in [0.2, 0.25) is 0 Å². The SMILES string of the molecule is CNC(=O)CN1CCN(C(=O)CN2CCOCC2)CC1. The molecule has 2 fully saturated rings. The van der Waals surface area contributed by atoms with Gasteiger partial charge in [0.05, 0.1) is 26.3 Å². The zero-order valence-electron chi connectivity index (χ0n) is 12.1. The summed E-state index contributed by atoms with van der Waals surface area (Å²) in [6, 6.07) is 0. The van der Waals surface area contributed by atoms with E-state index in [1.54, 1.807) is 7.05 Å². The molecule has 0 radical (unpaired) electrons. The van der Waals surface area contributed by atoms with E-state index in [-0.39, 0.29) is 11.8 Å². The van der Waals surface area contributed by atoms with Crippen molar-refractivity contribution in [1.82, 2.24) is 20.0 Å². The topological polar surface area (TPSA) is 65.1 Å². The van der Waals surface area contributed by atoms with Gasteiger partial charge in [0.2, 0.25) is 11.8 Å². The number of likely N-dealkylation sites (N-methyl/N-ethyl adjacent to an activating group) is 1. The molecule has 2 saturated heterocycles. The summed E-state index contributed by atoms with van der Waals surface area (Å²) in [6.45, 7) is 6.96. The Kier molecular flexibility index (Phi) is 5.75. The highest BCUT2D eigenvalue weighted by molar-refractivity contribution is 5.79. The second kappa shape index (κ2) is 7.56. The van der Waals surface area contributed by atoms with E-state index in [2.05, 4.69) is 15.1 Å². The molecular formula is C13H24N4O3. The van der Waals surface area contributed by atoms with Crippen molar-refractivity contribution in [3.63, 3.8) is 0 Å². The molecule has 1 N–H and O–H groups in total. The summed E-state index contributed by atoms with van der Waals surface area (Å²) in [5.41, 5.74) is 0. The van der Waals surface area contributed by atoms with Crippen LogP contribution >= 0.6 is 0 Å². The van der Waals surface area contributed by atoms with Crippen LogP contribution < -0.4 is 5.32 Å². The molecule has 2 aliphatic heterocycles. The summed E-state index contributed by atoms with van der Waals surface area (Å²) in [6.07, 6.45) is 0. The number of amides is 2. The number of hydrogen-bond acceptors (Lipinski definition) is 5. The van der Waals surface area contributed by atoms with Gasteiger partial charge in [0, 0.05) is 46.3 Å². The summed E-state index contributed by atoms with van der Waals surface area (Å²) < 4.78 is 5.28. The molecule has 20 heavy (non-hydrogen) atoms. The molecule has 0 aromatic rings. The maximum Gasteiger partial charge on any atom is 0.236 e. The van der Waals surface area contributed by atoms with Crippen molar-refractivity contribution in [2.45, 2.75) is 0 Å². The van der Waals surface area contributed by atoms with Gasteiger partial charge in [-0.25, -0.2) is 0 Å². The smallest absolute Gasteiger partial charge is 0.236 e. The van der Waals surface area contributed by atoms with Crippen LogP contribution in [0.25, 0.3) is 0 Å². The second-order valence-electron chi connectivity index (χ2n) is 5.22. The van der Waals surface area contributed by atoms with Crippen molar-refractivity contribution < 1.29 is 14.3 Å². The molecule has 0 aliphatic carbocycles. The van der Waals surface area contributed by atoms with Gasteiger partial charge in [0.1, 0.15) is 0 Å². The maximum atomic E-state index is 12.2. The minimum Gasteiger partial charge on any atom is -0.379 e. The molecule has 0 atom stereocenters. The van der Waals surface area contributed by atoms with Gasteiger partial charge < -0.3 is 15.0 Å². The fourth-order valence-corrected chi connectivity index (χ4v) is 2.49. The van der Waals surface area contributed by atoms with Crippen LogP contribution in [0.5, 0.6) is 0 Å². The van der Waals surface area contributed by atoms with E-state index in [9.17, 15) is 9.59 Å². The highest BCUT2D eigenvalue weighted by Gasteiger charge is 2.24. The molecule has 0 unspecified atom stereocenters. The van der Waals surface area contributed by atoms with Crippen molar-refractivity contribution in [1.29, 1.82) is 0 Å². The highest BCUT2D eigenvalue weighted by atomic mass is 16.5. The van der Waals surface area contributed by atoms with E-state index in [4.69, 9.17) is 4.74 Å². The number of nitrogens with one attached hydrogen (secondary N) is 1. The summed E-state index contributed by atoms with van der Waals surface area (Å²) >= 11 is 0. The van der Waals surface area contributed by atoms with Crippen molar-refractivity contribution >= 4 is 11.8 Å². The largest absolute Gasteiger partial charge is 0.379 e. The van der Waals surface area contributed by atoms with E-state index in [0.29, 0.717) is 39.4 Å². The number of carbonyl (C=O) groups is 2. The molecule has 2 rings (SSSR count). The van der Waals surface area contributed by atoms with Crippen LogP contribution in [0, 0.1) is 0 Å². The van der Waals surface area contributed by atoms with E-state index in [1.807, 2.05) is 4.90 Å². The van der Waals surface area contributed by atoms with Gasteiger partial charge in [-0.15, -0.1) is 0 Å². The van der Waals surface area contributed by atoms with Gasteiger partial charge in [-0.1, -0.05) is 0 Å². The number of morpholine rings is 1. The van der Waals surface area contributed by atoms with Crippen molar-refractivity contribution in [2.75, 3.05) is 72.6 Å². The molecule has 2 amide bonds. The van der Waals surface area contributed by atoms with Gasteiger partial charge in [-0.2, -0.15) is 0 Å². The lowest BCUT2D eigenvalue weighted by Gasteiger charge is -2.36. The minimum absolute atomic E-state index is 0.0260. The zero-order valence-corrected chi connectivity index (χ0v) is 12.1. The first-order valence-corrected chi connectivity index (χ1v) is 7.20. The third kappa shape index (κ3) is 4.43. The lowest BCUT2D eigenvalue weighted by Crippen LogP contribution is -2.53. The Morgan fingerprint density at radius 2 is 1.55 bits per heavy atom. The van der Waals surface area contributed by atoms with E-state index in [0.717, 1.165) is 26.2 Å². The summed E-state index contributed by atoms with van der Waals surface area (Å²) in [5.74, 6) is 0.213. The van der Waals surface area contributed by atoms with Crippen LogP contribution in [-0.2, 0) is 14.3 Å². The third-order valence-corrected chi connectivity index (χ3v) is 3.83. The van der Waals surface area contributed by atoms with Crippen LogP contribution in [0.3, 0.4) is 0 Å². The molecule has 0 aromatic carbocycles. The predicted molar refractivity (Wildman–Crippen MR) is 74.3 cm³/mol. The number of carbonyl (C=O) groups excluding carboxylic acids is 2. The lowest BCUT2D eigenvalue weighted by molar-refractivity contribution is -0.135. The molecule has 2 heterocycles.